The summed E-state index contributed by atoms with van der Waals surface area (Å²) in [6.45, 7) is 2.04. The van der Waals surface area contributed by atoms with E-state index in [0.29, 0.717) is 0 Å². The molecule has 18 heavy (non-hydrogen) atoms. The first-order valence-electron chi connectivity index (χ1n) is 5.68. The summed E-state index contributed by atoms with van der Waals surface area (Å²) in [7, 11) is 1.77. The predicted molar refractivity (Wildman–Crippen MR) is 65.2 cm³/mol. The lowest BCUT2D eigenvalue weighted by Crippen LogP contribution is -2.18. The molecule has 1 aromatic carbocycles. The highest BCUT2D eigenvalue weighted by Gasteiger charge is 2.20. The number of hydrogen-bond acceptors (Lipinski definition) is 2. The highest BCUT2D eigenvalue weighted by atomic mass is 19.1. The van der Waals surface area contributed by atoms with Crippen LogP contribution in [0.4, 0.5) is 8.78 Å². The lowest BCUT2D eigenvalue weighted by Gasteiger charge is -2.16. The van der Waals surface area contributed by atoms with E-state index in [4.69, 9.17) is 5.73 Å². The van der Waals surface area contributed by atoms with Gasteiger partial charge in [-0.15, -0.1) is 0 Å². The van der Waals surface area contributed by atoms with E-state index in [1.165, 1.54) is 6.07 Å². The van der Waals surface area contributed by atoms with Gasteiger partial charge in [-0.05, 0) is 31.2 Å². The zero-order chi connectivity index (χ0) is 13.3. The second kappa shape index (κ2) is 4.86. The standard InChI is InChI=1S/C13H15F2N3/c1-8-5-13(18(2)17-8)11(7-16)10-6-9(14)3-4-12(10)15/h3-6,11H,7,16H2,1-2H3. The predicted octanol–water partition coefficient (Wildman–Crippen LogP) is 2.10. The average Bonchev–Trinajstić information content (AvgIpc) is 2.64. The van der Waals surface area contributed by atoms with Crippen LogP contribution in [0.2, 0.25) is 0 Å². The van der Waals surface area contributed by atoms with E-state index >= 15 is 0 Å². The van der Waals surface area contributed by atoms with E-state index in [-0.39, 0.29) is 12.1 Å². The number of aryl methyl sites for hydroxylation is 2. The van der Waals surface area contributed by atoms with Crippen LogP contribution < -0.4 is 5.73 Å². The van der Waals surface area contributed by atoms with Crippen LogP contribution in [0.25, 0.3) is 0 Å². The second-order valence-electron chi connectivity index (χ2n) is 4.29. The van der Waals surface area contributed by atoms with Crippen molar-refractivity contribution in [3.05, 3.63) is 52.9 Å². The molecule has 0 spiro atoms. The van der Waals surface area contributed by atoms with Gasteiger partial charge in [0.15, 0.2) is 0 Å². The molecule has 1 heterocycles. The second-order valence-corrected chi connectivity index (χ2v) is 4.29. The minimum atomic E-state index is -0.469. The Balaban J connectivity index is 2.51. The van der Waals surface area contributed by atoms with E-state index in [9.17, 15) is 8.78 Å². The zero-order valence-corrected chi connectivity index (χ0v) is 10.3. The fourth-order valence-electron chi connectivity index (χ4n) is 2.15. The van der Waals surface area contributed by atoms with Crippen molar-refractivity contribution in [2.75, 3.05) is 6.54 Å². The third-order valence-electron chi connectivity index (χ3n) is 2.96. The van der Waals surface area contributed by atoms with Crippen LogP contribution in [0.3, 0.4) is 0 Å². The van der Waals surface area contributed by atoms with Crippen molar-refractivity contribution in [1.29, 1.82) is 0 Å². The number of aromatic nitrogens is 2. The highest BCUT2D eigenvalue weighted by molar-refractivity contribution is 5.31. The molecule has 1 unspecified atom stereocenters. The van der Waals surface area contributed by atoms with Crippen LogP contribution in [0.1, 0.15) is 22.9 Å². The zero-order valence-electron chi connectivity index (χ0n) is 10.3. The molecule has 1 atom stereocenters. The van der Waals surface area contributed by atoms with Gasteiger partial charge in [0.05, 0.1) is 5.69 Å². The Morgan fingerprint density at radius 2 is 2.06 bits per heavy atom. The third kappa shape index (κ3) is 2.26. The fourth-order valence-corrected chi connectivity index (χ4v) is 2.15. The van der Waals surface area contributed by atoms with Crippen LogP contribution in [0.5, 0.6) is 0 Å². The van der Waals surface area contributed by atoms with Crippen molar-refractivity contribution >= 4 is 0 Å². The molecular weight excluding hydrogens is 236 g/mol. The van der Waals surface area contributed by atoms with Crippen LogP contribution in [0, 0.1) is 18.6 Å². The minimum Gasteiger partial charge on any atom is -0.329 e. The van der Waals surface area contributed by atoms with Gasteiger partial charge in [0.1, 0.15) is 11.6 Å². The van der Waals surface area contributed by atoms with E-state index in [1.807, 2.05) is 13.0 Å². The monoisotopic (exact) mass is 251 g/mol. The Labute approximate surface area is 104 Å². The lowest BCUT2D eigenvalue weighted by molar-refractivity contribution is 0.564. The van der Waals surface area contributed by atoms with Crippen LogP contribution in [0.15, 0.2) is 24.3 Å². The largest absolute Gasteiger partial charge is 0.329 e. The fraction of sp³-hybridized carbons (Fsp3) is 0.308. The van der Waals surface area contributed by atoms with Gasteiger partial charge in [-0.1, -0.05) is 0 Å². The van der Waals surface area contributed by atoms with Crippen molar-refractivity contribution < 1.29 is 8.78 Å². The maximum absolute atomic E-state index is 13.8. The Morgan fingerprint density at radius 3 is 2.61 bits per heavy atom. The Kier molecular flexibility index (Phi) is 3.43. The van der Waals surface area contributed by atoms with Crippen molar-refractivity contribution in [3.8, 4) is 0 Å². The molecule has 2 aromatic rings. The molecule has 1 aromatic heterocycles. The number of rotatable bonds is 3. The SMILES string of the molecule is Cc1cc(C(CN)c2cc(F)ccc2F)n(C)n1. The van der Waals surface area contributed by atoms with Gasteiger partial charge in [-0.2, -0.15) is 5.10 Å². The Bertz CT molecular complexity index is 563. The van der Waals surface area contributed by atoms with Crippen molar-refractivity contribution in [3.63, 3.8) is 0 Å². The van der Waals surface area contributed by atoms with Gasteiger partial charge in [-0.25, -0.2) is 8.78 Å². The molecule has 0 fully saturated rings. The van der Waals surface area contributed by atoms with E-state index < -0.39 is 17.6 Å². The first-order chi connectivity index (χ1) is 8.52. The molecular formula is C13H15F2N3. The van der Waals surface area contributed by atoms with E-state index in [1.54, 1.807) is 11.7 Å². The summed E-state index contributed by atoms with van der Waals surface area (Å²) in [6.07, 6.45) is 0. The number of nitrogens with two attached hydrogens (primary N) is 1. The maximum Gasteiger partial charge on any atom is 0.127 e. The molecule has 2 rings (SSSR count). The highest BCUT2D eigenvalue weighted by Crippen LogP contribution is 2.26. The lowest BCUT2D eigenvalue weighted by atomic mass is 9.95. The Morgan fingerprint density at radius 1 is 1.33 bits per heavy atom. The summed E-state index contributed by atoms with van der Waals surface area (Å²) in [5, 5.41) is 4.20. The molecule has 3 nitrogen and oxygen atoms in total. The van der Waals surface area contributed by atoms with Gasteiger partial charge < -0.3 is 5.73 Å². The Hall–Kier alpha value is -1.75. The number of benzene rings is 1. The number of hydrogen-bond donors (Lipinski definition) is 1. The first kappa shape index (κ1) is 12.7. The first-order valence-corrected chi connectivity index (χ1v) is 5.68. The van der Waals surface area contributed by atoms with E-state index in [2.05, 4.69) is 5.10 Å². The molecule has 5 heteroatoms. The molecule has 0 aliphatic heterocycles. The number of nitrogens with zero attached hydrogens (tertiary/aromatic N) is 2. The minimum absolute atomic E-state index is 0.194. The average molecular weight is 251 g/mol. The normalized spacial score (nSPS) is 12.7. The van der Waals surface area contributed by atoms with Crippen LogP contribution in [-0.2, 0) is 7.05 Å². The molecule has 2 N–H and O–H groups in total. The summed E-state index contributed by atoms with van der Waals surface area (Å²) in [5.74, 6) is -1.32. The van der Waals surface area contributed by atoms with Gasteiger partial charge in [0.25, 0.3) is 0 Å². The summed E-state index contributed by atoms with van der Waals surface area (Å²) in [6, 6.07) is 5.24. The molecule has 0 bridgehead atoms. The van der Waals surface area contributed by atoms with Crippen molar-refractivity contribution in [1.82, 2.24) is 9.78 Å². The quantitative estimate of drug-likeness (QED) is 0.907. The molecule has 0 aliphatic carbocycles. The van der Waals surface area contributed by atoms with Gasteiger partial charge >= 0.3 is 0 Å². The number of halogens is 2. The smallest absolute Gasteiger partial charge is 0.127 e. The van der Waals surface area contributed by atoms with Crippen molar-refractivity contribution in [2.45, 2.75) is 12.8 Å². The topological polar surface area (TPSA) is 43.8 Å². The van der Waals surface area contributed by atoms with Gasteiger partial charge in [0, 0.05) is 30.8 Å². The molecule has 0 radical (unpaired) electrons. The molecule has 0 saturated heterocycles. The van der Waals surface area contributed by atoms with Crippen LogP contribution in [-0.4, -0.2) is 16.3 Å². The van der Waals surface area contributed by atoms with E-state index in [0.717, 1.165) is 23.5 Å². The summed E-state index contributed by atoms with van der Waals surface area (Å²) < 4.78 is 28.7. The maximum atomic E-state index is 13.8. The summed E-state index contributed by atoms with van der Waals surface area (Å²) >= 11 is 0. The molecule has 0 saturated carbocycles. The summed E-state index contributed by atoms with van der Waals surface area (Å²) in [5.41, 5.74) is 7.57. The molecule has 96 valence electrons. The van der Waals surface area contributed by atoms with Crippen LogP contribution >= 0.6 is 0 Å². The molecule has 0 amide bonds. The third-order valence-corrected chi connectivity index (χ3v) is 2.96. The van der Waals surface area contributed by atoms with Crippen molar-refractivity contribution in [2.24, 2.45) is 12.8 Å². The summed E-state index contributed by atoms with van der Waals surface area (Å²) in [4.78, 5) is 0. The van der Waals surface area contributed by atoms with Gasteiger partial charge in [0.2, 0.25) is 0 Å². The molecule has 0 aliphatic rings. The van der Waals surface area contributed by atoms with Gasteiger partial charge in [-0.3, -0.25) is 4.68 Å².